The lowest BCUT2D eigenvalue weighted by Crippen LogP contribution is -2.19. The molecule has 1 heterocycles. The monoisotopic (exact) mass is 363 g/mol. The average Bonchev–Trinajstić information content (AvgIpc) is 2.96. The smallest absolute Gasteiger partial charge is 0.356 e. The molecule has 24 heavy (non-hydrogen) atoms. The Morgan fingerprint density at radius 1 is 1.12 bits per heavy atom. The highest BCUT2D eigenvalue weighted by Gasteiger charge is 2.26. The molecule has 1 aromatic heterocycles. The summed E-state index contributed by atoms with van der Waals surface area (Å²) in [5.74, 6) is -0.689. The second kappa shape index (κ2) is 6.30. The van der Waals surface area contributed by atoms with Gasteiger partial charge >= 0.3 is 5.97 Å². The molecule has 0 radical (unpaired) electrons. The summed E-state index contributed by atoms with van der Waals surface area (Å²) in [6.45, 7) is 1.82. The maximum Gasteiger partial charge on any atom is 0.356 e. The number of halogens is 1. The van der Waals surface area contributed by atoms with E-state index in [0.29, 0.717) is 15.9 Å². The lowest BCUT2D eigenvalue weighted by atomic mass is 10.2. The molecule has 124 valence electrons. The van der Waals surface area contributed by atoms with Gasteiger partial charge in [0.05, 0.1) is 17.0 Å². The predicted octanol–water partition coefficient (Wildman–Crippen LogP) is 3.71. The molecule has 0 spiro atoms. The maximum atomic E-state index is 13.1. The summed E-state index contributed by atoms with van der Waals surface area (Å²) in [5, 5.41) is 1.06. The van der Waals surface area contributed by atoms with Crippen molar-refractivity contribution in [2.24, 2.45) is 0 Å². The highest BCUT2D eigenvalue weighted by molar-refractivity contribution is 7.90. The summed E-state index contributed by atoms with van der Waals surface area (Å²) in [4.78, 5) is 12.3. The Labute approximate surface area is 144 Å². The molecule has 0 aliphatic carbocycles. The SMILES string of the molecule is CCOC(=O)c1cc2ccccc2n1S(=O)(=O)c1ccc(Cl)cc1. The molecule has 3 aromatic rings. The highest BCUT2D eigenvalue weighted by atomic mass is 35.5. The molecular formula is C17H14ClNO4S. The lowest BCUT2D eigenvalue weighted by molar-refractivity contribution is 0.0518. The fourth-order valence-corrected chi connectivity index (χ4v) is 4.08. The fourth-order valence-electron chi connectivity index (χ4n) is 2.45. The van der Waals surface area contributed by atoms with Crippen molar-refractivity contribution >= 4 is 38.5 Å². The number of hydrogen-bond acceptors (Lipinski definition) is 4. The molecule has 0 aliphatic heterocycles. The number of hydrogen-bond donors (Lipinski definition) is 0. The van der Waals surface area contributed by atoms with Gasteiger partial charge in [0.15, 0.2) is 0 Å². The Bertz CT molecular complexity index is 1010. The first-order valence-corrected chi connectivity index (χ1v) is 9.05. The zero-order valence-corrected chi connectivity index (χ0v) is 14.3. The number of carbonyl (C=O) groups excluding carboxylic acids is 1. The van der Waals surface area contributed by atoms with Crippen LogP contribution in [0.3, 0.4) is 0 Å². The van der Waals surface area contributed by atoms with Crippen LogP contribution in [0.2, 0.25) is 5.02 Å². The Morgan fingerprint density at radius 2 is 1.79 bits per heavy atom. The highest BCUT2D eigenvalue weighted by Crippen LogP contribution is 2.27. The first-order chi connectivity index (χ1) is 11.4. The van der Waals surface area contributed by atoms with Crippen molar-refractivity contribution in [3.63, 3.8) is 0 Å². The first kappa shape index (κ1) is 16.5. The van der Waals surface area contributed by atoms with Crippen LogP contribution in [0.4, 0.5) is 0 Å². The maximum absolute atomic E-state index is 13.1. The minimum atomic E-state index is -3.98. The van der Waals surface area contributed by atoms with Gasteiger partial charge in [-0.15, -0.1) is 0 Å². The molecule has 7 heteroatoms. The molecule has 0 N–H and O–H groups in total. The van der Waals surface area contributed by atoms with Gasteiger partial charge < -0.3 is 4.74 Å². The predicted molar refractivity (Wildman–Crippen MR) is 91.9 cm³/mol. The van der Waals surface area contributed by atoms with E-state index in [1.54, 1.807) is 31.2 Å². The Kier molecular flexibility index (Phi) is 4.34. The van der Waals surface area contributed by atoms with Crippen molar-refractivity contribution < 1.29 is 17.9 Å². The van der Waals surface area contributed by atoms with E-state index in [2.05, 4.69) is 0 Å². The molecule has 5 nitrogen and oxygen atoms in total. The quantitative estimate of drug-likeness (QED) is 0.663. The van der Waals surface area contributed by atoms with Gasteiger partial charge in [0.25, 0.3) is 10.0 Å². The summed E-state index contributed by atoms with van der Waals surface area (Å²) in [6, 6.07) is 14.2. The van der Waals surface area contributed by atoms with Crippen LogP contribution in [0.5, 0.6) is 0 Å². The van der Waals surface area contributed by atoms with E-state index >= 15 is 0 Å². The van der Waals surface area contributed by atoms with E-state index in [4.69, 9.17) is 16.3 Å². The summed E-state index contributed by atoms with van der Waals surface area (Å²) in [7, 11) is -3.98. The second-order valence-corrected chi connectivity index (χ2v) is 7.26. The van der Waals surface area contributed by atoms with Gasteiger partial charge in [-0.25, -0.2) is 17.2 Å². The van der Waals surface area contributed by atoms with Gasteiger partial charge in [-0.05, 0) is 43.3 Å². The standard InChI is InChI=1S/C17H14ClNO4S/c1-2-23-17(20)16-11-12-5-3-4-6-15(12)19(16)24(21,22)14-9-7-13(18)8-10-14/h3-11H,2H2,1H3. The topological polar surface area (TPSA) is 65.4 Å². The molecule has 0 saturated heterocycles. The number of benzene rings is 2. The van der Waals surface area contributed by atoms with Gasteiger partial charge in [0, 0.05) is 10.4 Å². The van der Waals surface area contributed by atoms with Crippen LogP contribution in [0, 0.1) is 0 Å². The van der Waals surface area contributed by atoms with Crippen molar-refractivity contribution in [3.8, 4) is 0 Å². The molecule has 0 fully saturated rings. The number of fused-ring (bicyclic) bond motifs is 1. The number of ether oxygens (including phenoxy) is 1. The lowest BCUT2D eigenvalue weighted by Gasteiger charge is -2.11. The molecule has 0 saturated carbocycles. The summed E-state index contributed by atoms with van der Waals surface area (Å²) < 4.78 is 32.1. The van der Waals surface area contributed by atoms with Gasteiger partial charge in [0.2, 0.25) is 0 Å². The number of rotatable bonds is 4. The molecule has 0 unspecified atom stereocenters. The first-order valence-electron chi connectivity index (χ1n) is 7.24. The van der Waals surface area contributed by atoms with E-state index in [-0.39, 0.29) is 17.2 Å². The van der Waals surface area contributed by atoms with Crippen molar-refractivity contribution in [1.82, 2.24) is 3.97 Å². The fraction of sp³-hybridized carbons (Fsp3) is 0.118. The Morgan fingerprint density at radius 3 is 2.46 bits per heavy atom. The normalized spacial score (nSPS) is 11.6. The largest absolute Gasteiger partial charge is 0.461 e. The van der Waals surface area contributed by atoms with Crippen LogP contribution in [0.25, 0.3) is 10.9 Å². The summed E-state index contributed by atoms with van der Waals surface area (Å²) in [6.07, 6.45) is 0. The van der Waals surface area contributed by atoms with E-state index < -0.39 is 16.0 Å². The summed E-state index contributed by atoms with van der Waals surface area (Å²) >= 11 is 5.83. The van der Waals surface area contributed by atoms with Gasteiger partial charge in [-0.3, -0.25) is 0 Å². The number of para-hydroxylation sites is 1. The minimum Gasteiger partial charge on any atom is -0.461 e. The van der Waals surface area contributed by atoms with Crippen LogP contribution in [-0.4, -0.2) is 25.0 Å². The second-order valence-electron chi connectivity index (χ2n) is 5.03. The zero-order valence-electron chi connectivity index (χ0n) is 12.8. The third kappa shape index (κ3) is 2.79. The number of nitrogens with zero attached hydrogens (tertiary/aromatic N) is 1. The molecule has 3 rings (SSSR count). The summed E-state index contributed by atoms with van der Waals surface area (Å²) in [5.41, 5.74) is 0.378. The van der Waals surface area contributed by atoms with E-state index in [9.17, 15) is 13.2 Å². The van der Waals surface area contributed by atoms with Crippen molar-refractivity contribution in [3.05, 3.63) is 65.3 Å². The van der Waals surface area contributed by atoms with Crippen LogP contribution >= 0.6 is 11.6 Å². The van der Waals surface area contributed by atoms with Crippen LogP contribution in [-0.2, 0) is 14.8 Å². The number of esters is 1. The molecule has 0 aliphatic rings. The van der Waals surface area contributed by atoms with Crippen molar-refractivity contribution in [1.29, 1.82) is 0 Å². The molecule has 2 aromatic carbocycles. The van der Waals surface area contributed by atoms with Gasteiger partial charge in [-0.1, -0.05) is 29.8 Å². The van der Waals surface area contributed by atoms with Crippen LogP contribution < -0.4 is 0 Å². The Balaban J connectivity index is 2.29. The molecule has 0 atom stereocenters. The molecular weight excluding hydrogens is 350 g/mol. The van der Waals surface area contributed by atoms with Crippen molar-refractivity contribution in [2.45, 2.75) is 11.8 Å². The third-order valence-electron chi connectivity index (χ3n) is 3.50. The number of aromatic nitrogens is 1. The minimum absolute atomic E-state index is 0.0343. The average molecular weight is 364 g/mol. The number of carbonyl (C=O) groups is 1. The van der Waals surface area contributed by atoms with Crippen LogP contribution in [0.15, 0.2) is 59.5 Å². The Hall–Kier alpha value is -2.31. The van der Waals surface area contributed by atoms with Crippen LogP contribution in [0.1, 0.15) is 17.4 Å². The van der Waals surface area contributed by atoms with E-state index in [1.165, 1.54) is 30.3 Å². The van der Waals surface area contributed by atoms with E-state index in [0.717, 1.165) is 3.97 Å². The van der Waals surface area contributed by atoms with Gasteiger partial charge in [0.1, 0.15) is 5.69 Å². The van der Waals surface area contributed by atoms with Gasteiger partial charge in [-0.2, -0.15) is 0 Å². The molecule has 0 amide bonds. The van der Waals surface area contributed by atoms with Crippen molar-refractivity contribution in [2.75, 3.05) is 6.61 Å². The third-order valence-corrected chi connectivity index (χ3v) is 5.50. The molecule has 0 bridgehead atoms. The zero-order chi connectivity index (χ0) is 17.3. The van der Waals surface area contributed by atoms with E-state index in [1.807, 2.05) is 0 Å².